The van der Waals surface area contributed by atoms with E-state index in [1.54, 1.807) is 55.1 Å². The third kappa shape index (κ3) is 7.83. The van der Waals surface area contributed by atoms with Crippen LogP contribution in [0.1, 0.15) is 65.4 Å². The lowest BCUT2D eigenvalue weighted by Gasteiger charge is -2.33. The summed E-state index contributed by atoms with van der Waals surface area (Å²) in [6, 6.07) is 12.8. The van der Waals surface area contributed by atoms with Crippen LogP contribution in [0.3, 0.4) is 0 Å². The number of rotatable bonds is 11. The van der Waals surface area contributed by atoms with Gasteiger partial charge in [-0.05, 0) is 81.3 Å². The second kappa shape index (κ2) is 12.7. The zero-order valence-corrected chi connectivity index (χ0v) is 24.5. The number of para-hydroxylation sites is 1. The van der Waals surface area contributed by atoms with Crippen molar-refractivity contribution in [3.8, 4) is 0 Å². The van der Waals surface area contributed by atoms with Gasteiger partial charge in [-0.3, -0.25) is 14.4 Å². The summed E-state index contributed by atoms with van der Waals surface area (Å²) in [7, 11) is 0. The number of nitrogens with one attached hydrogen (secondary N) is 1. The summed E-state index contributed by atoms with van der Waals surface area (Å²) in [5.74, 6) is 11.0. The molecule has 2 aromatic carbocycles. The van der Waals surface area contributed by atoms with Crippen molar-refractivity contribution in [2.45, 2.75) is 78.3 Å². The molecule has 41 heavy (non-hydrogen) atoms. The van der Waals surface area contributed by atoms with Gasteiger partial charge in [0.15, 0.2) is 5.78 Å². The van der Waals surface area contributed by atoms with Gasteiger partial charge in [0.1, 0.15) is 0 Å². The molecule has 222 valence electrons. The summed E-state index contributed by atoms with van der Waals surface area (Å²) in [4.78, 5) is 52.3. The normalized spacial score (nSPS) is 15.4. The van der Waals surface area contributed by atoms with Crippen molar-refractivity contribution < 1.29 is 24.3 Å². The fourth-order valence-corrected chi connectivity index (χ4v) is 5.13. The summed E-state index contributed by atoms with van der Waals surface area (Å²) in [6.45, 7) is 9.54. The molecule has 0 aromatic heterocycles. The van der Waals surface area contributed by atoms with E-state index in [4.69, 9.17) is 16.8 Å². The van der Waals surface area contributed by atoms with Crippen LogP contribution in [0.2, 0.25) is 0 Å². The van der Waals surface area contributed by atoms with Crippen molar-refractivity contribution in [2.75, 3.05) is 21.9 Å². The second-order valence-electron chi connectivity index (χ2n) is 12.0. The number of benzene rings is 2. The Balaban J connectivity index is 1.63. The van der Waals surface area contributed by atoms with Gasteiger partial charge in [0.2, 0.25) is 5.91 Å². The largest absolute Gasteiger partial charge is 0.481 e. The maximum Gasteiger partial charge on any atom is 0.357 e. The minimum Gasteiger partial charge on any atom is -0.481 e. The quantitative estimate of drug-likeness (QED) is 0.179. The van der Waals surface area contributed by atoms with Gasteiger partial charge in [-0.25, -0.2) is 26.5 Å². The number of carboxylic acids is 1. The molecule has 11 heteroatoms. The number of likely N-dealkylation sites (tertiary alicyclic amines) is 1. The number of nitrogens with zero attached hydrogens (tertiary/aromatic N) is 3. The number of Topliss-reactive ketones (excluding diaryl/α,β-unsaturated/α-hetero) is 1. The Hall–Kier alpha value is -3.96. The summed E-state index contributed by atoms with van der Waals surface area (Å²) < 4.78 is 0. The van der Waals surface area contributed by atoms with E-state index in [0.29, 0.717) is 36.4 Å². The van der Waals surface area contributed by atoms with Gasteiger partial charge in [-0.2, -0.15) is 0 Å². The molecule has 1 unspecified atom stereocenters. The highest BCUT2D eigenvalue weighted by atomic mass is 16.4. The van der Waals surface area contributed by atoms with Crippen molar-refractivity contribution in [1.82, 2.24) is 4.90 Å². The second-order valence-corrected chi connectivity index (χ2v) is 12.0. The highest BCUT2D eigenvalue weighted by Crippen LogP contribution is 2.30. The molecule has 0 radical (unpaired) electrons. The molecule has 0 spiro atoms. The maximum absolute atomic E-state index is 13.6. The number of hydrogen-bond donors (Lipinski definition) is 4. The van der Waals surface area contributed by atoms with E-state index in [0.717, 1.165) is 22.0 Å². The molecule has 11 nitrogen and oxygen atoms in total. The third-order valence-corrected chi connectivity index (χ3v) is 7.53. The van der Waals surface area contributed by atoms with Crippen LogP contribution >= 0.6 is 0 Å². The minimum atomic E-state index is -0.991. The lowest BCUT2D eigenvalue weighted by molar-refractivity contribution is -0.141. The number of urea groups is 1. The SMILES string of the molecule is Cc1ccccc1N(N)C(=O)N(N)c1ccc(NC(C)(C)C(=O)C2CCCN2C(=O)CCC(C)(C)CC(=O)O)cc1. The van der Waals surface area contributed by atoms with Gasteiger partial charge >= 0.3 is 12.0 Å². The molecule has 6 N–H and O–H groups in total. The third-order valence-electron chi connectivity index (χ3n) is 7.53. The van der Waals surface area contributed by atoms with Gasteiger partial charge in [-0.15, -0.1) is 0 Å². The molecule has 1 heterocycles. The molecule has 0 bridgehead atoms. The number of aryl methyl sites for hydroxylation is 1. The van der Waals surface area contributed by atoms with Crippen molar-refractivity contribution in [3.05, 3.63) is 54.1 Å². The van der Waals surface area contributed by atoms with E-state index in [9.17, 15) is 19.2 Å². The number of aliphatic carboxylic acids is 1. The van der Waals surface area contributed by atoms with Crippen LogP contribution in [0, 0.1) is 12.3 Å². The number of nitrogens with two attached hydrogens (primary N) is 2. The average molecular weight is 567 g/mol. The molecule has 0 aliphatic carbocycles. The lowest BCUT2D eigenvalue weighted by Crippen LogP contribution is -2.52. The molecule has 1 aliphatic heterocycles. The standard InChI is InChI=1S/C30H42N6O5/c1-20-9-6-7-10-23(20)36(32)28(41)35(31)22-14-12-21(13-15-22)33-30(4,5)27(40)24-11-8-18-34(24)25(37)16-17-29(2,3)19-26(38)39/h6-7,9-10,12-15,24,33H,8,11,16-19,31-32H2,1-5H3,(H,38,39). The highest BCUT2D eigenvalue weighted by molar-refractivity contribution is 6.02. The van der Waals surface area contributed by atoms with E-state index in [1.165, 1.54) is 0 Å². The van der Waals surface area contributed by atoms with E-state index in [1.807, 2.05) is 32.9 Å². The number of anilines is 3. The summed E-state index contributed by atoms with van der Waals surface area (Å²) in [5, 5.41) is 14.3. The number of carbonyl (C=O) groups excluding carboxylic acids is 3. The number of hydrazine groups is 2. The fourth-order valence-electron chi connectivity index (χ4n) is 5.13. The van der Waals surface area contributed by atoms with Crippen LogP contribution in [0.25, 0.3) is 0 Å². The zero-order chi connectivity index (χ0) is 30.5. The Morgan fingerprint density at radius 1 is 1.00 bits per heavy atom. The molecule has 2 aromatic rings. The van der Waals surface area contributed by atoms with E-state index < -0.39 is 29.0 Å². The van der Waals surface area contributed by atoms with Gasteiger partial charge in [0.05, 0.1) is 29.4 Å². The van der Waals surface area contributed by atoms with E-state index >= 15 is 0 Å². The topological polar surface area (TPSA) is 162 Å². The molecular formula is C30H42N6O5. The Kier molecular flexibility index (Phi) is 9.77. The van der Waals surface area contributed by atoms with Crippen molar-refractivity contribution in [3.63, 3.8) is 0 Å². The van der Waals surface area contributed by atoms with Crippen LogP contribution in [0.4, 0.5) is 21.9 Å². The number of carboxylic acid groups (broad SMARTS) is 1. The van der Waals surface area contributed by atoms with Crippen LogP contribution in [-0.4, -0.2) is 51.8 Å². The molecule has 1 saturated heterocycles. The summed E-state index contributed by atoms with van der Waals surface area (Å²) >= 11 is 0. The first-order valence-electron chi connectivity index (χ1n) is 13.8. The number of hydrogen-bond acceptors (Lipinski definition) is 7. The Morgan fingerprint density at radius 2 is 1.63 bits per heavy atom. The van der Waals surface area contributed by atoms with Crippen molar-refractivity contribution in [2.24, 2.45) is 17.1 Å². The molecular weight excluding hydrogens is 524 g/mol. The first-order chi connectivity index (χ1) is 19.1. The van der Waals surface area contributed by atoms with Crippen molar-refractivity contribution in [1.29, 1.82) is 0 Å². The molecule has 1 fully saturated rings. The Morgan fingerprint density at radius 3 is 2.24 bits per heavy atom. The lowest BCUT2D eigenvalue weighted by atomic mass is 9.84. The number of amides is 3. The molecule has 0 saturated carbocycles. The van der Waals surface area contributed by atoms with Gasteiger partial charge in [0, 0.05) is 18.7 Å². The summed E-state index contributed by atoms with van der Waals surface area (Å²) in [6.07, 6.45) is 1.90. The first-order valence-corrected chi connectivity index (χ1v) is 13.8. The van der Waals surface area contributed by atoms with Crippen LogP contribution < -0.4 is 27.0 Å². The van der Waals surface area contributed by atoms with Crippen LogP contribution in [0.15, 0.2) is 48.5 Å². The van der Waals surface area contributed by atoms with Crippen LogP contribution in [-0.2, 0) is 14.4 Å². The van der Waals surface area contributed by atoms with Crippen molar-refractivity contribution >= 4 is 40.8 Å². The Labute approximate surface area is 241 Å². The molecule has 3 rings (SSSR count). The summed E-state index contributed by atoms with van der Waals surface area (Å²) in [5.41, 5.74) is 0.910. The average Bonchev–Trinajstić information content (AvgIpc) is 3.40. The van der Waals surface area contributed by atoms with Gasteiger partial charge in [0.25, 0.3) is 0 Å². The zero-order valence-electron chi connectivity index (χ0n) is 24.5. The monoisotopic (exact) mass is 566 g/mol. The van der Waals surface area contributed by atoms with Crippen LogP contribution in [0.5, 0.6) is 0 Å². The predicted molar refractivity (Wildman–Crippen MR) is 159 cm³/mol. The first kappa shape index (κ1) is 31.6. The van der Waals surface area contributed by atoms with Gasteiger partial charge in [-0.1, -0.05) is 32.0 Å². The predicted octanol–water partition coefficient (Wildman–Crippen LogP) is 4.21. The van der Waals surface area contributed by atoms with E-state index in [2.05, 4.69) is 5.32 Å². The number of ketones is 1. The Bertz CT molecular complexity index is 1280. The minimum absolute atomic E-state index is 0.0222. The highest BCUT2D eigenvalue weighted by Gasteiger charge is 2.41. The molecule has 1 aliphatic rings. The number of carbonyl (C=O) groups is 4. The molecule has 3 amide bonds. The molecule has 1 atom stereocenters. The fraction of sp³-hybridized carbons (Fsp3) is 0.467. The van der Waals surface area contributed by atoms with Gasteiger partial charge < -0.3 is 15.3 Å². The maximum atomic E-state index is 13.6. The van der Waals surface area contributed by atoms with E-state index in [-0.39, 0.29) is 24.5 Å². The smallest absolute Gasteiger partial charge is 0.357 e.